The standard InChI is InChI=1S/C24H18Cl2N2O3/c25-12-9-18(26)22-17(11-20(24(30)31)28(27)19(22)10-12)23(29)21-15-7-3-1-5-13(15)14-6-2-4-8-16(14)21/h1-10,17,20-21H,11,27H2,(H,30,31)/t17-,20+/m0/s1. The average molecular weight is 453 g/mol. The number of rotatable bonds is 3. The summed E-state index contributed by atoms with van der Waals surface area (Å²) in [5.41, 5.74) is 4.77. The van der Waals surface area contributed by atoms with E-state index >= 15 is 0 Å². The summed E-state index contributed by atoms with van der Waals surface area (Å²) in [7, 11) is 0. The van der Waals surface area contributed by atoms with Gasteiger partial charge in [0.15, 0.2) is 5.78 Å². The summed E-state index contributed by atoms with van der Waals surface area (Å²) in [6.45, 7) is 0. The number of nitrogens with zero attached hydrogens (tertiary/aromatic N) is 1. The first-order chi connectivity index (χ1) is 14.9. The summed E-state index contributed by atoms with van der Waals surface area (Å²) in [4.78, 5) is 26.0. The van der Waals surface area contributed by atoms with E-state index in [1.807, 2.05) is 48.5 Å². The predicted octanol–water partition coefficient (Wildman–Crippen LogP) is 5.00. The van der Waals surface area contributed by atoms with Crippen molar-refractivity contribution in [2.24, 2.45) is 5.84 Å². The van der Waals surface area contributed by atoms with E-state index in [1.54, 1.807) is 12.1 Å². The number of carboxylic acid groups (broad SMARTS) is 1. The van der Waals surface area contributed by atoms with Crippen LogP contribution in [0.5, 0.6) is 0 Å². The van der Waals surface area contributed by atoms with Gasteiger partial charge in [-0.3, -0.25) is 9.80 Å². The van der Waals surface area contributed by atoms with Gasteiger partial charge in [-0.05, 0) is 40.8 Å². The van der Waals surface area contributed by atoms with Crippen molar-refractivity contribution in [2.45, 2.75) is 24.3 Å². The van der Waals surface area contributed by atoms with Gasteiger partial charge in [-0.15, -0.1) is 0 Å². The SMILES string of the molecule is NN1c2cc(Cl)cc(Cl)c2[C@@H](C(=O)C2c3ccccc3-c3ccccc32)C[C@@H]1C(=O)O. The maximum absolute atomic E-state index is 14.1. The number of benzene rings is 3. The number of aliphatic carboxylic acids is 1. The molecule has 7 heteroatoms. The van der Waals surface area contributed by atoms with Crippen LogP contribution in [0.3, 0.4) is 0 Å². The molecule has 0 fully saturated rings. The third-order valence-electron chi connectivity index (χ3n) is 6.24. The zero-order valence-electron chi connectivity index (χ0n) is 16.3. The Labute approximate surface area is 189 Å². The number of ketones is 1. The molecule has 0 spiro atoms. The molecular weight excluding hydrogens is 435 g/mol. The Hall–Kier alpha value is -2.86. The Kier molecular flexibility index (Phi) is 4.77. The van der Waals surface area contributed by atoms with Gasteiger partial charge in [0, 0.05) is 21.5 Å². The van der Waals surface area contributed by atoms with E-state index in [9.17, 15) is 14.7 Å². The maximum atomic E-state index is 14.1. The lowest BCUT2D eigenvalue weighted by atomic mass is 9.77. The maximum Gasteiger partial charge on any atom is 0.327 e. The molecule has 0 saturated carbocycles. The van der Waals surface area contributed by atoms with Crippen LogP contribution in [-0.4, -0.2) is 22.9 Å². The topological polar surface area (TPSA) is 83.6 Å². The number of halogens is 2. The molecule has 156 valence electrons. The van der Waals surface area contributed by atoms with Crippen molar-refractivity contribution in [1.29, 1.82) is 0 Å². The van der Waals surface area contributed by atoms with Crippen LogP contribution in [0.2, 0.25) is 10.0 Å². The van der Waals surface area contributed by atoms with Crippen LogP contribution in [0.15, 0.2) is 60.7 Å². The number of nitrogens with two attached hydrogens (primary N) is 1. The first kappa shape index (κ1) is 20.1. The fourth-order valence-corrected chi connectivity index (χ4v) is 5.51. The van der Waals surface area contributed by atoms with Gasteiger partial charge in [0.25, 0.3) is 0 Å². The van der Waals surface area contributed by atoms with Crippen molar-refractivity contribution in [3.63, 3.8) is 0 Å². The van der Waals surface area contributed by atoms with Crippen LogP contribution < -0.4 is 10.9 Å². The number of carbonyl (C=O) groups excluding carboxylic acids is 1. The molecule has 2 aliphatic rings. The second kappa shape index (κ2) is 7.38. The molecule has 5 nitrogen and oxygen atoms in total. The van der Waals surface area contributed by atoms with Gasteiger partial charge in [0.05, 0.1) is 11.6 Å². The highest BCUT2D eigenvalue weighted by atomic mass is 35.5. The van der Waals surface area contributed by atoms with Crippen LogP contribution in [0, 0.1) is 0 Å². The fourth-order valence-electron chi connectivity index (χ4n) is 4.89. The molecule has 0 aromatic heterocycles. The summed E-state index contributed by atoms with van der Waals surface area (Å²) >= 11 is 12.7. The highest BCUT2D eigenvalue weighted by molar-refractivity contribution is 6.36. The van der Waals surface area contributed by atoms with Crippen molar-refractivity contribution in [2.75, 3.05) is 5.01 Å². The van der Waals surface area contributed by atoms with Crippen LogP contribution in [-0.2, 0) is 9.59 Å². The highest BCUT2D eigenvalue weighted by Gasteiger charge is 2.44. The van der Waals surface area contributed by atoms with E-state index in [0.29, 0.717) is 21.3 Å². The summed E-state index contributed by atoms with van der Waals surface area (Å²) in [6.07, 6.45) is 0.0276. The lowest BCUT2D eigenvalue weighted by Gasteiger charge is -2.38. The highest BCUT2D eigenvalue weighted by Crippen LogP contribution is 2.50. The normalized spacial score (nSPS) is 19.5. The number of anilines is 1. The number of carbonyl (C=O) groups is 2. The molecule has 3 aromatic carbocycles. The molecule has 3 N–H and O–H groups in total. The van der Waals surface area contributed by atoms with E-state index in [0.717, 1.165) is 27.3 Å². The van der Waals surface area contributed by atoms with Crippen molar-refractivity contribution in [3.05, 3.63) is 87.4 Å². The summed E-state index contributed by atoms with van der Waals surface area (Å²) in [5.74, 6) is 3.69. The van der Waals surface area contributed by atoms with Crippen molar-refractivity contribution >= 4 is 40.6 Å². The van der Waals surface area contributed by atoms with Gasteiger partial charge in [-0.25, -0.2) is 10.6 Å². The lowest BCUT2D eigenvalue weighted by molar-refractivity contribution is -0.139. The van der Waals surface area contributed by atoms with Gasteiger partial charge < -0.3 is 5.11 Å². The van der Waals surface area contributed by atoms with E-state index in [4.69, 9.17) is 29.0 Å². The molecule has 3 aromatic rings. The Morgan fingerprint density at radius 3 is 2.13 bits per heavy atom. The van der Waals surface area contributed by atoms with Gasteiger partial charge in [-0.2, -0.15) is 0 Å². The molecule has 5 rings (SSSR count). The average Bonchev–Trinajstić information content (AvgIpc) is 3.08. The van der Waals surface area contributed by atoms with Crippen molar-refractivity contribution in [3.8, 4) is 11.1 Å². The van der Waals surface area contributed by atoms with Crippen LogP contribution in [0.1, 0.15) is 34.9 Å². The molecule has 1 aliphatic carbocycles. The van der Waals surface area contributed by atoms with Crippen LogP contribution >= 0.6 is 23.2 Å². The molecule has 0 bridgehead atoms. The largest absolute Gasteiger partial charge is 0.480 e. The van der Waals surface area contributed by atoms with E-state index in [2.05, 4.69) is 0 Å². The lowest BCUT2D eigenvalue weighted by Crippen LogP contribution is -2.51. The third kappa shape index (κ3) is 3.04. The van der Waals surface area contributed by atoms with Gasteiger partial charge in [0.2, 0.25) is 0 Å². The molecule has 1 aliphatic heterocycles. The number of hydrogen-bond donors (Lipinski definition) is 2. The van der Waals surface area contributed by atoms with E-state index in [-0.39, 0.29) is 12.2 Å². The van der Waals surface area contributed by atoms with E-state index < -0.39 is 23.8 Å². The number of Topliss-reactive ketones (excluding diaryl/α,β-unsaturated/α-hetero) is 1. The Bertz CT molecular complexity index is 1200. The predicted molar refractivity (Wildman–Crippen MR) is 121 cm³/mol. The Morgan fingerprint density at radius 1 is 0.968 bits per heavy atom. The Morgan fingerprint density at radius 2 is 1.55 bits per heavy atom. The van der Waals surface area contributed by atoms with Gasteiger partial charge in [0.1, 0.15) is 6.04 Å². The third-order valence-corrected chi connectivity index (χ3v) is 6.77. The number of fused-ring (bicyclic) bond motifs is 4. The molecule has 0 amide bonds. The minimum absolute atomic E-state index is 0.0276. The van der Waals surface area contributed by atoms with Gasteiger partial charge in [-0.1, -0.05) is 71.7 Å². The smallest absolute Gasteiger partial charge is 0.327 e. The first-order valence-electron chi connectivity index (χ1n) is 9.86. The Balaban J connectivity index is 1.68. The minimum atomic E-state index is -1.10. The molecule has 31 heavy (non-hydrogen) atoms. The molecule has 0 saturated heterocycles. The van der Waals surface area contributed by atoms with Gasteiger partial charge >= 0.3 is 5.97 Å². The quantitative estimate of drug-likeness (QED) is 0.546. The summed E-state index contributed by atoms with van der Waals surface area (Å²) in [6, 6.07) is 17.7. The van der Waals surface area contributed by atoms with Crippen molar-refractivity contribution in [1.82, 2.24) is 0 Å². The number of hydrogen-bond acceptors (Lipinski definition) is 4. The zero-order chi connectivity index (χ0) is 21.9. The number of carboxylic acids is 1. The monoisotopic (exact) mass is 452 g/mol. The van der Waals surface area contributed by atoms with Crippen LogP contribution in [0.4, 0.5) is 5.69 Å². The zero-order valence-corrected chi connectivity index (χ0v) is 17.8. The first-order valence-corrected chi connectivity index (χ1v) is 10.6. The second-order valence-corrected chi connectivity index (χ2v) is 8.72. The molecule has 0 radical (unpaired) electrons. The molecule has 0 unspecified atom stereocenters. The molecular formula is C24H18Cl2N2O3. The second-order valence-electron chi connectivity index (χ2n) is 7.88. The fraction of sp³-hybridized carbons (Fsp3) is 0.167. The molecule has 2 atom stereocenters. The molecule has 1 heterocycles. The number of hydrazine groups is 1. The van der Waals surface area contributed by atoms with E-state index in [1.165, 1.54) is 0 Å². The summed E-state index contributed by atoms with van der Waals surface area (Å²) in [5, 5.41) is 11.5. The summed E-state index contributed by atoms with van der Waals surface area (Å²) < 4.78 is 0. The van der Waals surface area contributed by atoms with Crippen molar-refractivity contribution < 1.29 is 14.7 Å². The van der Waals surface area contributed by atoms with Crippen LogP contribution in [0.25, 0.3) is 11.1 Å². The minimum Gasteiger partial charge on any atom is -0.480 e.